The SMILES string of the molecule is CC1=CC(C(=O)N2CC(C)CCC2C)=C(n2nccn2)C(C)C1. The first-order chi connectivity index (χ1) is 11.0. The van der Waals surface area contributed by atoms with E-state index in [0.29, 0.717) is 12.0 Å². The molecule has 0 bridgehead atoms. The maximum Gasteiger partial charge on any atom is 0.256 e. The Labute approximate surface area is 138 Å². The molecule has 3 unspecified atom stereocenters. The highest BCUT2D eigenvalue weighted by Gasteiger charge is 2.32. The molecule has 0 spiro atoms. The lowest BCUT2D eigenvalue weighted by Crippen LogP contribution is -2.46. The number of carbonyl (C=O) groups excluding carboxylic acids is 1. The van der Waals surface area contributed by atoms with Crippen LogP contribution in [0.4, 0.5) is 0 Å². The topological polar surface area (TPSA) is 51.0 Å². The molecule has 5 heteroatoms. The van der Waals surface area contributed by atoms with E-state index in [1.165, 1.54) is 12.0 Å². The summed E-state index contributed by atoms with van der Waals surface area (Å²) in [5.41, 5.74) is 2.93. The third-order valence-corrected chi connectivity index (χ3v) is 5.00. The van der Waals surface area contributed by atoms with Crippen molar-refractivity contribution >= 4 is 11.6 Å². The molecule has 2 aliphatic rings. The van der Waals surface area contributed by atoms with Gasteiger partial charge in [0.25, 0.3) is 5.91 Å². The molecule has 1 aliphatic carbocycles. The average Bonchev–Trinajstić information content (AvgIpc) is 3.02. The lowest BCUT2D eigenvalue weighted by atomic mass is 9.87. The second-order valence-electron chi connectivity index (χ2n) is 7.20. The van der Waals surface area contributed by atoms with E-state index >= 15 is 0 Å². The van der Waals surface area contributed by atoms with Gasteiger partial charge in [0.2, 0.25) is 0 Å². The molecule has 1 fully saturated rings. The van der Waals surface area contributed by atoms with Crippen LogP contribution in [0.25, 0.3) is 5.70 Å². The van der Waals surface area contributed by atoms with E-state index in [-0.39, 0.29) is 11.8 Å². The van der Waals surface area contributed by atoms with E-state index in [2.05, 4.69) is 37.9 Å². The minimum atomic E-state index is 0.127. The van der Waals surface area contributed by atoms with Crippen molar-refractivity contribution in [1.29, 1.82) is 0 Å². The average molecular weight is 314 g/mol. The summed E-state index contributed by atoms with van der Waals surface area (Å²) in [5, 5.41) is 8.55. The van der Waals surface area contributed by atoms with Crippen molar-refractivity contribution in [1.82, 2.24) is 19.9 Å². The van der Waals surface area contributed by atoms with E-state index in [9.17, 15) is 4.79 Å². The summed E-state index contributed by atoms with van der Waals surface area (Å²) in [7, 11) is 0. The number of aromatic nitrogens is 3. The predicted molar refractivity (Wildman–Crippen MR) is 90.3 cm³/mol. The first-order valence-corrected chi connectivity index (χ1v) is 8.56. The molecule has 3 rings (SSSR count). The van der Waals surface area contributed by atoms with Crippen LogP contribution in [0.3, 0.4) is 0 Å². The molecule has 0 aromatic carbocycles. The van der Waals surface area contributed by atoms with Crippen LogP contribution in [0.2, 0.25) is 0 Å². The molecule has 1 saturated heterocycles. The summed E-state index contributed by atoms with van der Waals surface area (Å²) in [4.78, 5) is 16.9. The van der Waals surface area contributed by atoms with Crippen molar-refractivity contribution in [3.05, 3.63) is 29.6 Å². The summed E-state index contributed by atoms with van der Waals surface area (Å²) in [6, 6.07) is 0.295. The number of likely N-dealkylation sites (tertiary alicyclic amines) is 1. The van der Waals surface area contributed by atoms with Crippen molar-refractivity contribution < 1.29 is 4.79 Å². The van der Waals surface area contributed by atoms with Gasteiger partial charge >= 0.3 is 0 Å². The minimum Gasteiger partial charge on any atom is -0.336 e. The Morgan fingerprint density at radius 1 is 1.17 bits per heavy atom. The maximum atomic E-state index is 13.3. The molecule has 2 heterocycles. The number of hydrogen-bond donors (Lipinski definition) is 0. The van der Waals surface area contributed by atoms with Gasteiger partial charge in [-0.2, -0.15) is 15.0 Å². The zero-order valence-corrected chi connectivity index (χ0v) is 14.5. The van der Waals surface area contributed by atoms with E-state index in [4.69, 9.17) is 0 Å². The van der Waals surface area contributed by atoms with E-state index in [1.54, 1.807) is 17.2 Å². The van der Waals surface area contributed by atoms with Gasteiger partial charge in [-0.05, 0) is 45.1 Å². The second-order valence-corrected chi connectivity index (χ2v) is 7.20. The van der Waals surface area contributed by atoms with E-state index in [0.717, 1.165) is 30.7 Å². The Kier molecular flexibility index (Phi) is 4.37. The van der Waals surface area contributed by atoms with Gasteiger partial charge in [-0.1, -0.05) is 19.4 Å². The molecule has 0 N–H and O–H groups in total. The van der Waals surface area contributed by atoms with Gasteiger partial charge in [0.05, 0.1) is 23.7 Å². The minimum absolute atomic E-state index is 0.127. The largest absolute Gasteiger partial charge is 0.336 e. The zero-order valence-electron chi connectivity index (χ0n) is 14.5. The van der Waals surface area contributed by atoms with Gasteiger partial charge in [0.1, 0.15) is 0 Å². The molecule has 3 atom stereocenters. The molecule has 1 amide bonds. The maximum absolute atomic E-state index is 13.3. The Bertz CT molecular complexity index is 644. The normalized spacial score (nSPS) is 28.8. The Balaban J connectivity index is 2.02. The first kappa shape index (κ1) is 16.0. The molecule has 124 valence electrons. The van der Waals surface area contributed by atoms with Crippen molar-refractivity contribution in [2.75, 3.05) is 6.54 Å². The third-order valence-electron chi connectivity index (χ3n) is 5.00. The van der Waals surface area contributed by atoms with Gasteiger partial charge in [0, 0.05) is 18.5 Å². The summed E-state index contributed by atoms with van der Waals surface area (Å²) in [6.45, 7) is 9.45. The van der Waals surface area contributed by atoms with Crippen LogP contribution in [0.5, 0.6) is 0 Å². The first-order valence-electron chi connectivity index (χ1n) is 8.56. The van der Waals surface area contributed by atoms with Crippen LogP contribution in [0.15, 0.2) is 29.6 Å². The van der Waals surface area contributed by atoms with Gasteiger partial charge in [0.15, 0.2) is 0 Å². The fourth-order valence-electron chi connectivity index (χ4n) is 3.77. The highest BCUT2D eigenvalue weighted by atomic mass is 16.2. The van der Waals surface area contributed by atoms with E-state index in [1.807, 2.05) is 11.0 Å². The van der Waals surface area contributed by atoms with Crippen LogP contribution in [-0.4, -0.2) is 38.4 Å². The van der Waals surface area contributed by atoms with Crippen LogP contribution < -0.4 is 0 Å². The molecule has 0 radical (unpaired) electrons. The number of rotatable bonds is 2. The summed E-state index contributed by atoms with van der Waals surface area (Å²) in [6.07, 6.45) is 8.58. The molecule has 0 saturated carbocycles. The van der Waals surface area contributed by atoms with Gasteiger partial charge in [-0.3, -0.25) is 4.79 Å². The van der Waals surface area contributed by atoms with Crippen molar-refractivity contribution in [3.8, 4) is 0 Å². The fourth-order valence-corrected chi connectivity index (χ4v) is 3.77. The molecule has 1 aromatic rings. The number of piperidine rings is 1. The van der Waals surface area contributed by atoms with E-state index < -0.39 is 0 Å². The molecule has 1 aliphatic heterocycles. The van der Waals surface area contributed by atoms with Crippen LogP contribution in [0, 0.1) is 11.8 Å². The molecule has 1 aromatic heterocycles. The van der Waals surface area contributed by atoms with Crippen molar-refractivity contribution in [3.63, 3.8) is 0 Å². The van der Waals surface area contributed by atoms with Crippen LogP contribution >= 0.6 is 0 Å². The Hall–Kier alpha value is -1.91. The number of hydrogen-bond acceptors (Lipinski definition) is 3. The molecular weight excluding hydrogens is 288 g/mol. The van der Waals surface area contributed by atoms with Crippen molar-refractivity contribution in [2.45, 2.75) is 53.0 Å². The summed E-state index contributed by atoms with van der Waals surface area (Å²) < 4.78 is 0. The Morgan fingerprint density at radius 3 is 2.57 bits per heavy atom. The van der Waals surface area contributed by atoms with Gasteiger partial charge < -0.3 is 4.90 Å². The molecule has 23 heavy (non-hydrogen) atoms. The number of carbonyl (C=O) groups is 1. The predicted octanol–water partition coefficient (Wildman–Crippen LogP) is 3.12. The van der Waals surface area contributed by atoms with Crippen LogP contribution in [0.1, 0.15) is 47.0 Å². The highest BCUT2D eigenvalue weighted by molar-refractivity contribution is 6.02. The van der Waals surface area contributed by atoms with Gasteiger partial charge in [-0.15, -0.1) is 0 Å². The summed E-state index contributed by atoms with van der Waals surface area (Å²) in [5.74, 6) is 0.930. The number of nitrogens with zero attached hydrogens (tertiary/aromatic N) is 4. The molecule has 5 nitrogen and oxygen atoms in total. The zero-order chi connectivity index (χ0) is 16.6. The monoisotopic (exact) mass is 314 g/mol. The third kappa shape index (κ3) is 3.09. The highest BCUT2D eigenvalue weighted by Crippen LogP contribution is 2.34. The lowest BCUT2D eigenvalue weighted by Gasteiger charge is -2.38. The standard InChI is InChI=1S/C18H26N4O/c1-12-5-6-15(4)21(11-12)18(23)16-10-13(2)9-14(3)17(16)22-19-7-8-20-22/h7-8,10,12,14-15H,5-6,9,11H2,1-4H3. The smallest absolute Gasteiger partial charge is 0.256 e. The Morgan fingerprint density at radius 2 is 1.87 bits per heavy atom. The fraction of sp³-hybridized carbons (Fsp3) is 0.611. The lowest BCUT2D eigenvalue weighted by molar-refractivity contribution is -0.130. The van der Waals surface area contributed by atoms with Crippen molar-refractivity contribution in [2.24, 2.45) is 11.8 Å². The van der Waals surface area contributed by atoms with Crippen LogP contribution in [-0.2, 0) is 4.79 Å². The number of amides is 1. The quantitative estimate of drug-likeness (QED) is 0.843. The van der Waals surface area contributed by atoms with Gasteiger partial charge in [-0.25, -0.2) is 0 Å². The second kappa shape index (κ2) is 6.30. The number of allylic oxidation sites excluding steroid dienone is 2. The molecular formula is C18H26N4O. The summed E-state index contributed by atoms with van der Waals surface area (Å²) >= 11 is 0.